The SMILES string of the molecule is O=C(c1ccc(F)cc1)[C@@H](CCCl)N(C(=O)c1ccccc1Cl)N1C(=O)[C@@H]2[C@H](C1=O)[C@H]1C=C[C@H]2C1. The average molecular weight is 515 g/mol. The minimum absolute atomic E-state index is 0.0280. The first kappa shape index (κ1) is 23.7. The smallest absolute Gasteiger partial charge is 0.275 e. The third kappa shape index (κ3) is 3.87. The Morgan fingerprint density at radius 1 is 1.00 bits per heavy atom. The van der Waals surface area contributed by atoms with E-state index in [1.807, 2.05) is 12.2 Å². The maximum atomic E-state index is 13.9. The Morgan fingerprint density at radius 2 is 1.60 bits per heavy atom. The van der Waals surface area contributed by atoms with E-state index >= 15 is 0 Å². The van der Waals surface area contributed by atoms with Crippen LogP contribution in [-0.2, 0) is 9.59 Å². The zero-order valence-electron chi connectivity index (χ0n) is 18.4. The van der Waals surface area contributed by atoms with Crippen molar-refractivity contribution in [1.82, 2.24) is 10.0 Å². The van der Waals surface area contributed by atoms with Crippen molar-refractivity contribution in [1.29, 1.82) is 0 Å². The molecule has 5 rings (SSSR count). The number of carbonyl (C=O) groups excluding carboxylic acids is 4. The molecule has 3 amide bonds. The first-order chi connectivity index (χ1) is 16.8. The topological polar surface area (TPSA) is 74.8 Å². The Labute approximate surface area is 211 Å². The van der Waals surface area contributed by atoms with Gasteiger partial charge in [-0.25, -0.2) is 9.40 Å². The summed E-state index contributed by atoms with van der Waals surface area (Å²) in [5, 5.41) is 1.88. The molecule has 1 saturated carbocycles. The number of hydrogen-bond donors (Lipinski definition) is 0. The van der Waals surface area contributed by atoms with E-state index in [-0.39, 0.29) is 40.3 Å². The molecule has 2 aromatic rings. The zero-order chi connectivity index (χ0) is 24.9. The fourth-order valence-electron chi connectivity index (χ4n) is 5.50. The molecule has 0 N–H and O–H groups in total. The van der Waals surface area contributed by atoms with Gasteiger partial charge in [-0.3, -0.25) is 19.2 Å². The number of halogens is 3. The number of alkyl halides is 1. The summed E-state index contributed by atoms with van der Waals surface area (Å²) >= 11 is 12.3. The van der Waals surface area contributed by atoms with Gasteiger partial charge in [0.1, 0.15) is 11.9 Å². The van der Waals surface area contributed by atoms with Crippen molar-refractivity contribution in [3.8, 4) is 0 Å². The van der Waals surface area contributed by atoms with Gasteiger partial charge in [-0.05, 0) is 61.1 Å². The highest BCUT2D eigenvalue weighted by Gasteiger charge is 2.62. The lowest BCUT2D eigenvalue weighted by atomic mass is 9.85. The van der Waals surface area contributed by atoms with E-state index in [1.165, 1.54) is 24.3 Å². The molecular weight excluding hydrogens is 494 g/mol. The van der Waals surface area contributed by atoms with Crippen LogP contribution in [0.2, 0.25) is 5.02 Å². The maximum absolute atomic E-state index is 13.9. The molecule has 1 heterocycles. The van der Waals surface area contributed by atoms with Gasteiger partial charge in [0, 0.05) is 11.4 Å². The van der Waals surface area contributed by atoms with Crippen molar-refractivity contribution in [2.45, 2.75) is 18.9 Å². The second-order valence-corrected chi connectivity index (χ2v) is 9.77. The number of amides is 3. The van der Waals surface area contributed by atoms with Crippen molar-refractivity contribution in [2.75, 3.05) is 5.88 Å². The lowest BCUT2D eigenvalue weighted by Gasteiger charge is -2.37. The number of nitrogens with zero attached hydrogens (tertiary/aromatic N) is 2. The molecule has 180 valence electrons. The molecule has 0 radical (unpaired) electrons. The number of allylic oxidation sites excluding steroid dienone is 2. The van der Waals surface area contributed by atoms with Gasteiger partial charge in [0.2, 0.25) is 0 Å². The Hall–Kier alpha value is -3.03. The number of Topliss-reactive ketones (excluding diaryl/α,β-unsaturated/α-hetero) is 1. The summed E-state index contributed by atoms with van der Waals surface area (Å²) in [5.41, 5.74) is 0.166. The first-order valence-electron chi connectivity index (χ1n) is 11.3. The summed E-state index contributed by atoms with van der Waals surface area (Å²) in [5.74, 6) is -4.21. The molecule has 0 spiro atoms. The quantitative estimate of drug-likeness (QED) is 0.235. The van der Waals surface area contributed by atoms with Gasteiger partial charge in [0.15, 0.2) is 5.78 Å². The molecule has 0 aromatic heterocycles. The zero-order valence-corrected chi connectivity index (χ0v) is 20.0. The van der Waals surface area contributed by atoms with Crippen LogP contribution in [0, 0.1) is 29.5 Å². The van der Waals surface area contributed by atoms with Crippen LogP contribution in [-0.4, -0.2) is 45.4 Å². The van der Waals surface area contributed by atoms with E-state index in [1.54, 1.807) is 12.1 Å². The fourth-order valence-corrected chi connectivity index (χ4v) is 5.93. The summed E-state index contributed by atoms with van der Waals surface area (Å²) < 4.78 is 13.5. The van der Waals surface area contributed by atoms with Crippen LogP contribution in [0.3, 0.4) is 0 Å². The van der Waals surface area contributed by atoms with Crippen LogP contribution < -0.4 is 0 Å². The van der Waals surface area contributed by atoms with Crippen molar-refractivity contribution in [3.05, 3.63) is 82.6 Å². The maximum Gasteiger partial charge on any atom is 0.275 e. The highest BCUT2D eigenvalue weighted by Crippen LogP contribution is 2.53. The second-order valence-electron chi connectivity index (χ2n) is 8.98. The highest BCUT2D eigenvalue weighted by atomic mass is 35.5. The number of imide groups is 1. The molecule has 2 aliphatic carbocycles. The molecule has 6 nitrogen and oxygen atoms in total. The number of carbonyl (C=O) groups is 4. The molecular formula is C26H21Cl2FN2O4. The Bertz CT molecular complexity index is 1220. The minimum Gasteiger partial charge on any atom is -0.292 e. The van der Waals surface area contributed by atoms with E-state index < -0.39 is 47.2 Å². The number of benzene rings is 2. The van der Waals surface area contributed by atoms with E-state index in [9.17, 15) is 23.6 Å². The lowest BCUT2D eigenvalue weighted by molar-refractivity contribution is -0.157. The van der Waals surface area contributed by atoms with Crippen LogP contribution in [0.5, 0.6) is 0 Å². The normalized spacial score (nSPS) is 25.2. The number of ketones is 1. The van der Waals surface area contributed by atoms with Gasteiger partial charge in [-0.2, -0.15) is 5.01 Å². The van der Waals surface area contributed by atoms with Crippen molar-refractivity contribution >= 4 is 46.7 Å². The highest BCUT2D eigenvalue weighted by molar-refractivity contribution is 6.34. The van der Waals surface area contributed by atoms with Gasteiger partial charge in [-0.15, -0.1) is 11.6 Å². The summed E-state index contributed by atoms with van der Waals surface area (Å²) in [6, 6.07) is 9.79. The Morgan fingerprint density at radius 3 is 2.17 bits per heavy atom. The molecule has 2 bridgehead atoms. The van der Waals surface area contributed by atoms with Gasteiger partial charge < -0.3 is 0 Å². The number of rotatable bonds is 7. The summed E-state index contributed by atoms with van der Waals surface area (Å²) in [7, 11) is 0. The fraction of sp³-hybridized carbons (Fsp3) is 0.308. The molecule has 1 saturated heterocycles. The Kier molecular flexibility index (Phi) is 6.23. The van der Waals surface area contributed by atoms with E-state index in [0.29, 0.717) is 0 Å². The van der Waals surface area contributed by atoms with Crippen molar-refractivity contribution in [2.24, 2.45) is 23.7 Å². The summed E-state index contributed by atoms with van der Waals surface area (Å²) in [6.07, 6.45) is 4.57. The minimum atomic E-state index is -1.28. The predicted molar refractivity (Wildman–Crippen MR) is 127 cm³/mol. The van der Waals surface area contributed by atoms with Gasteiger partial charge in [-0.1, -0.05) is 35.9 Å². The van der Waals surface area contributed by atoms with Crippen LogP contribution in [0.4, 0.5) is 4.39 Å². The van der Waals surface area contributed by atoms with Crippen LogP contribution in [0.15, 0.2) is 60.7 Å². The van der Waals surface area contributed by atoms with E-state index in [2.05, 4.69) is 0 Å². The summed E-state index contributed by atoms with van der Waals surface area (Å²) in [6.45, 7) is 0. The van der Waals surface area contributed by atoms with E-state index in [0.717, 1.165) is 28.6 Å². The van der Waals surface area contributed by atoms with Gasteiger partial charge in [0.25, 0.3) is 17.7 Å². The molecule has 0 unspecified atom stereocenters. The molecule has 2 aromatic carbocycles. The van der Waals surface area contributed by atoms with Crippen LogP contribution in [0.1, 0.15) is 33.6 Å². The number of fused-ring (bicyclic) bond motifs is 5. The van der Waals surface area contributed by atoms with Crippen LogP contribution >= 0.6 is 23.2 Å². The summed E-state index contributed by atoms with van der Waals surface area (Å²) in [4.78, 5) is 54.7. The monoisotopic (exact) mass is 514 g/mol. The van der Waals surface area contributed by atoms with Crippen molar-refractivity contribution in [3.63, 3.8) is 0 Å². The van der Waals surface area contributed by atoms with Gasteiger partial charge >= 0.3 is 0 Å². The van der Waals surface area contributed by atoms with E-state index in [4.69, 9.17) is 23.2 Å². The van der Waals surface area contributed by atoms with Crippen LogP contribution in [0.25, 0.3) is 0 Å². The molecule has 3 aliphatic rings. The number of hydrazine groups is 1. The third-order valence-electron chi connectivity index (χ3n) is 7.08. The molecule has 1 aliphatic heterocycles. The first-order valence-corrected chi connectivity index (χ1v) is 12.2. The number of hydrogen-bond acceptors (Lipinski definition) is 4. The Balaban J connectivity index is 1.60. The van der Waals surface area contributed by atoms with Crippen molar-refractivity contribution < 1.29 is 23.6 Å². The average Bonchev–Trinajstić information content (AvgIpc) is 3.54. The molecule has 2 fully saturated rings. The molecule has 5 atom stereocenters. The molecule has 35 heavy (non-hydrogen) atoms. The predicted octanol–water partition coefficient (Wildman–Crippen LogP) is 4.52. The largest absolute Gasteiger partial charge is 0.292 e. The van der Waals surface area contributed by atoms with Gasteiger partial charge in [0.05, 0.1) is 22.4 Å². The third-order valence-corrected chi connectivity index (χ3v) is 7.63. The lowest BCUT2D eigenvalue weighted by Crippen LogP contribution is -2.58. The molecule has 9 heteroatoms. The standard InChI is InChI=1S/C26H21Cl2FN2O4/c27-12-11-20(23(32)14-7-9-17(29)10-8-14)30(24(33)18-3-1-2-4-19(18)28)31-25(34)21-15-5-6-16(13-15)22(21)26(31)35/h1-10,15-16,20-22H,11-13H2/t15-,16-,20+,21-,22+/m0/s1. The second kappa shape index (κ2) is 9.21.